The standard InChI is InChI=1S/C21H32N4O.HI/c1-22-20(23-17-21(9-10-21)18-7-8-18)25-13-11-24(12-14-25)15-16-26-19-5-3-2-4-6-19;/h2-6,18H,7-17H2,1H3,(H,22,23);1H. The van der Waals surface area contributed by atoms with Gasteiger partial charge in [0, 0.05) is 46.3 Å². The van der Waals surface area contributed by atoms with Gasteiger partial charge >= 0.3 is 0 Å². The molecule has 27 heavy (non-hydrogen) atoms. The number of hydrogen-bond donors (Lipinski definition) is 1. The number of para-hydroxylation sites is 1. The van der Waals surface area contributed by atoms with Crippen LogP contribution in [0.1, 0.15) is 25.7 Å². The molecule has 1 aliphatic heterocycles. The van der Waals surface area contributed by atoms with Crippen molar-refractivity contribution in [1.29, 1.82) is 0 Å². The van der Waals surface area contributed by atoms with Gasteiger partial charge in [-0.25, -0.2) is 0 Å². The van der Waals surface area contributed by atoms with Crippen molar-refractivity contribution in [2.24, 2.45) is 16.3 Å². The Balaban J connectivity index is 0.00000210. The quantitative estimate of drug-likeness (QED) is 0.367. The van der Waals surface area contributed by atoms with Crippen molar-refractivity contribution < 1.29 is 4.74 Å². The van der Waals surface area contributed by atoms with E-state index in [2.05, 4.69) is 20.1 Å². The summed E-state index contributed by atoms with van der Waals surface area (Å²) in [5.74, 6) is 3.05. The van der Waals surface area contributed by atoms with Crippen molar-refractivity contribution in [1.82, 2.24) is 15.1 Å². The average Bonchev–Trinajstić information content (AvgIpc) is 3.57. The van der Waals surface area contributed by atoms with E-state index in [0.717, 1.165) is 63.5 Å². The smallest absolute Gasteiger partial charge is 0.193 e. The largest absolute Gasteiger partial charge is 0.492 e. The third kappa shape index (κ3) is 5.50. The van der Waals surface area contributed by atoms with Crippen LogP contribution in [0, 0.1) is 11.3 Å². The van der Waals surface area contributed by atoms with E-state index in [0.29, 0.717) is 5.41 Å². The van der Waals surface area contributed by atoms with Crippen molar-refractivity contribution in [3.8, 4) is 5.75 Å². The van der Waals surface area contributed by atoms with Gasteiger partial charge in [0.1, 0.15) is 12.4 Å². The number of halogens is 1. The molecular weight excluding hydrogens is 451 g/mol. The molecule has 2 aliphatic carbocycles. The minimum Gasteiger partial charge on any atom is -0.492 e. The summed E-state index contributed by atoms with van der Waals surface area (Å²) in [5, 5.41) is 3.68. The van der Waals surface area contributed by atoms with Crippen LogP contribution >= 0.6 is 24.0 Å². The predicted molar refractivity (Wildman–Crippen MR) is 121 cm³/mol. The molecule has 5 nitrogen and oxygen atoms in total. The lowest BCUT2D eigenvalue weighted by molar-refractivity contribution is 0.152. The Morgan fingerprint density at radius 1 is 1.15 bits per heavy atom. The summed E-state index contributed by atoms with van der Waals surface area (Å²) < 4.78 is 5.82. The van der Waals surface area contributed by atoms with E-state index in [1.54, 1.807) is 0 Å². The molecule has 0 aromatic heterocycles. The summed E-state index contributed by atoms with van der Waals surface area (Å²) in [6, 6.07) is 10.1. The second-order valence-electron chi connectivity index (χ2n) is 8.03. The number of benzene rings is 1. The highest BCUT2D eigenvalue weighted by Gasteiger charge is 2.53. The molecular formula is C21H33IN4O. The van der Waals surface area contributed by atoms with Gasteiger partial charge in [-0.1, -0.05) is 18.2 Å². The van der Waals surface area contributed by atoms with E-state index < -0.39 is 0 Å². The van der Waals surface area contributed by atoms with Crippen molar-refractivity contribution in [2.45, 2.75) is 25.7 Å². The second-order valence-corrected chi connectivity index (χ2v) is 8.03. The van der Waals surface area contributed by atoms with Gasteiger partial charge in [0.05, 0.1) is 0 Å². The number of ether oxygens (including phenoxy) is 1. The highest BCUT2D eigenvalue weighted by Crippen LogP contribution is 2.60. The highest BCUT2D eigenvalue weighted by molar-refractivity contribution is 14.0. The Morgan fingerprint density at radius 2 is 1.85 bits per heavy atom. The van der Waals surface area contributed by atoms with E-state index in [1.165, 1.54) is 25.7 Å². The first-order chi connectivity index (χ1) is 12.8. The summed E-state index contributed by atoms with van der Waals surface area (Å²) in [6.45, 7) is 7.10. The van der Waals surface area contributed by atoms with Gasteiger partial charge in [-0.15, -0.1) is 24.0 Å². The van der Waals surface area contributed by atoms with Crippen LogP contribution in [-0.2, 0) is 0 Å². The number of nitrogens with one attached hydrogen (secondary N) is 1. The first kappa shape index (κ1) is 20.7. The third-order valence-corrected chi connectivity index (χ3v) is 6.24. The van der Waals surface area contributed by atoms with Gasteiger partial charge in [-0.05, 0) is 49.1 Å². The number of guanidine groups is 1. The molecule has 0 bridgehead atoms. The highest BCUT2D eigenvalue weighted by atomic mass is 127. The fourth-order valence-electron chi connectivity index (χ4n) is 4.17. The zero-order chi connectivity index (χ0) is 17.8. The minimum absolute atomic E-state index is 0. The van der Waals surface area contributed by atoms with E-state index in [-0.39, 0.29) is 24.0 Å². The van der Waals surface area contributed by atoms with Gasteiger partial charge < -0.3 is 15.0 Å². The van der Waals surface area contributed by atoms with Crippen molar-refractivity contribution >= 4 is 29.9 Å². The first-order valence-electron chi connectivity index (χ1n) is 10.1. The lowest BCUT2D eigenvalue weighted by atomic mass is 10.0. The van der Waals surface area contributed by atoms with Crippen molar-refractivity contribution in [3.63, 3.8) is 0 Å². The summed E-state index contributed by atoms with van der Waals surface area (Å²) in [7, 11) is 1.92. The molecule has 0 amide bonds. The Labute approximate surface area is 180 Å². The fraction of sp³-hybridized carbons (Fsp3) is 0.667. The Bertz CT molecular complexity index is 608. The third-order valence-electron chi connectivity index (χ3n) is 6.24. The Morgan fingerprint density at radius 3 is 2.44 bits per heavy atom. The molecule has 6 heteroatoms. The molecule has 0 unspecified atom stereocenters. The molecule has 0 atom stereocenters. The first-order valence-corrected chi connectivity index (χ1v) is 10.1. The summed E-state index contributed by atoms with van der Waals surface area (Å²) >= 11 is 0. The monoisotopic (exact) mass is 484 g/mol. The van der Waals surface area contributed by atoms with E-state index >= 15 is 0 Å². The molecule has 3 fully saturated rings. The lowest BCUT2D eigenvalue weighted by Gasteiger charge is -2.36. The summed E-state index contributed by atoms with van der Waals surface area (Å²) in [4.78, 5) is 9.44. The molecule has 0 radical (unpaired) electrons. The lowest BCUT2D eigenvalue weighted by Crippen LogP contribution is -2.53. The molecule has 1 heterocycles. The maximum atomic E-state index is 5.82. The van der Waals surface area contributed by atoms with Gasteiger partial charge in [-0.2, -0.15) is 0 Å². The zero-order valence-electron chi connectivity index (χ0n) is 16.4. The second kappa shape index (κ2) is 9.45. The molecule has 1 saturated heterocycles. The average molecular weight is 484 g/mol. The van der Waals surface area contributed by atoms with Crippen LogP contribution in [0.4, 0.5) is 0 Å². The maximum Gasteiger partial charge on any atom is 0.193 e. The fourth-order valence-corrected chi connectivity index (χ4v) is 4.17. The molecule has 1 aromatic carbocycles. The van der Waals surface area contributed by atoms with Gasteiger partial charge in [0.15, 0.2) is 5.96 Å². The topological polar surface area (TPSA) is 40.1 Å². The molecule has 3 aliphatic rings. The van der Waals surface area contributed by atoms with Crippen LogP contribution in [0.2, 0.25) is 0 Å². The molecule has 1 aromatic rings. The SMILES string of the molecule is CN=C(NCC1(C2CC2)CC1)N1CCN(CCOc2ccccc2)CC1.I. The van der Waals surface area contributed by atoms with Crippen molar-refractivity contribution in [2.75, 3.05) is 52.9 Å². The van der Waals surface area contributed by atoms with Crippen molar-refractivity contribution in [3.05, 3.63) is 30.3 Å². The summed E-state index contributed by atoms with van der Waals surface area (Å²) in [5.41, 5.74) is 0.618. The van der Waals surface area contributed by atoms with Gasteiger partial charge in [-0.3, -0.25) is 9.89 Å². The number of aliphatic imine (C=N–C) groups is 1. The Hall–Kier alpha value is -1.02. The number of nitrogens with zero attached hydrogens (tertiary/aromatic N) is 3. The van der Waals surface area contributed by atoms with Crippen LogP contribution in [0.5, 0.6) is 5.75 Å². The van der Waals surface area contributed by atoms with Crippen LogP contribution in [0.3, 0.4) is 0 Å². The minimum atomic E-state index is 0. The van der Waals surface area contributed by atoms with Crippen LogP contribution < -0.4 is 10.1 Å². The normalized spacial score (nSPS) is 22.1. The predicted octanol–water partition coefficient (Wildman–Crippen LogP) is 3.07. The van der Waals surface area contributed by atoms with Gasteiger partial charge in [0.25, 0.3) is 0 Å². The van der Waals surface area contributed by atoms with Crippen LogP contribution in [0.15, 0.2) is 35.3 Å². The summed E-state index contributed by atoms with van der Waals surface area (Å²) in [6.07, 6.45) is 5.72. The van der Waals surface area contributed by atoms with Crippen LogP contribution in [-0.4, -0.2) is 68.7 Å². The molecule has 2 saturated carbocycles. The Kier molecular flexibility index (Phi) is 7.25. The number of rotatable bonds is 7. The van der Waals surface area contributed by atoms with Gasteiger partial charge in [0.2, 0.25) is 0 Å². The maximum absolute atomic E-state index is 5.82. The zero-order valence-corrected chi connectivity index (χ0v) is 18.7. The number of piperazine rings is 1. The molecule has 4 rings (SSSR count). The van der Waals surface area contributed by atoms with E-state index in [9.17, 15) is 0 Å². The molecule has 150 valence electrons. The van der Waals surface area contributed by atoms with E-state index in [4.69, 9.17) is 4.74 Å². The van der Waals surface area contributed by atoms with E-state index in [1.807, 2.05) is 37.4 Å². The molecule has 1 N–H and O–H groups in total. The number of hydrogen-bond acceptors (Lipinski definition) is 3. The molecule has 0 spiro atoms. The van der Waals surface area contributed by atoms with Crippen LogP contribution in [0.25, 0.3) is 0 Å².